The van der Waals surface area contributed by atoms with Gasteiger partial charge in [-0.15, -0.1) is 0 Å². The number of ether oxygens (including phenoxy) is 1. The van der Waals surface area contributed by atoms with Gasteiger partial charge in [0, 0.05) is 38.3 Å². The molecule has 3 fully saturated rings. The highest BCUT2D eigenvalue weighted by Crippen LogP contribution is 2.38. The third kappa shape index (κ3) is 3.58. The number of likely N-dealkylation sites (N-methyl/N-ethyl adjacent to an activating group) is 1. The standard InChI is InChI=1S/C17H26N4O/c1-20-8-9-22-15(11-20)12-21(10-13-2-3-13)16-6-7-18-17(19-16)14-4-5-14/h6-7,13-15H,2-5,8-12H2,1H3/t15-/m0/s1. The van der Waals surface area contributed by atoms with Crippen molar-refractivity contribution in [2.24, 2.45) is 5.92 Å². The molecule has 22 heavy (non-hydrogen) atoms. The Morgan fingerprint density at radius 3 is 2.86 bits per heavy atom. The van der Waals surface area contributed by atoms with E-state index in [-0.39, 0.29) is 6.10 Å². The molecule has 2 aliphatic carbocycles. The van der Waals surface area contributed by atoms with Crippen molar-refractivity contribution in [2.45, 2.75) is 37.7 Å². The molecule has 0 spiro atoms. The molecule has 0 amide bonds. The molecule has 0 radical (unpaired) electrons. The number of aromatic nitrogens is 2. The van der Waals surface area contributed by atoms with Gasteiger partial charge in [0.05, 0.1) is 12.7 Å². The number of nitrogens with zero attached hydrogens (tertiary/aromatic N) is 4. The van der Waals surface area contributed by atoms with Crippen LogP contribution in [0.1, 0.15) is 37.4 Å². The van der Waals surface area contributed by atoms with Gasteiger partial charge in [0.2, 0.25) is 0 Å². The third-order valence-electron chi connectivity index (χ3n) is 4.87. The first kappa shape index (κ1) is 14.4. The maximum Gasteiger partial charge on any atom is 0.133 e. The Bertz CT molecular complexity index is 515. The molecule has 0 aromatic carbocycles. The van der Waals surface area contributed by atoms with E-state index in [9.17, 15) is 0 Å². The van der Waals surface area contributed by atoms with E-state index in [0.717, 1.165) is 50.3 Å². The lowest BCUT2D eigenvalue weighted by molar-refractivity contribution is -0.0149. The van der Waals surface area contributed by atoms with Crippen molar-refractivity contribution < 1.29 is 4.74 Å². The Morgan fingerprint density at radius 1 is 1.27 bits per heavy atom. The van der Waals surface area contributed by atoms with Crippen molar-refractivity contribution in [3.8, 4) is 0 Å². The number of morpholine rings is 1. The lowest BCUT2D eigenvalue weighted by Crippen LogP contribution is -2.46. The Hall–Kier alpha value is -1.20. The van der Waals surface area contributed by atoms with E-state index < -0.39 is 0 Å². The van der Waals surface area contributed by atoms with Gasteiger partial charge >= 0.3 is 0 Å². The van der Waals surface area contributed by atoms with Gasteiger partial charge in [-0.25, -0.2) is 9.97 Å². The first-order valence-corrected chi connectivity index (χ1v) is 8.66. The summed E-state index contributed by atoms with van der Waals surface area (Å²) in [5.74, 6) is 3.60. The van der Waals surface area contributed by atoms with Gasteiger partial charge in [-0.3, -0.25) is 0 Å². The molecule has 4 rings (SSSR count). The first-order chi connectivity index (χ1) is 10.8. The van der Waals surface area contributed by atoms with Crippen LogP contribution in [0.3, 0.4) is 0 Å². The molecule has 3 aliphatic rings. The third-order valence-corrected chi connectivity index (χ3v) is 4.87. The summed E-state index contributed by atoms with van der Waals surface area (Å²) < 4.78 is 5.97. The summed E-state index contributed by atoms with van der Waals surface area (Å²) in [7, 11) is 2.18. The van der Waals surface area contributed by atoms with Crippen molar-refractivity contribution in [1.29, 1.82) is 0 Å². The summed E-state index contributed by atoms with van der Waals surface area (Å²) >= 11 is 0. The normalized spacial score (nSPS) is 26.1. The van der Waals surface area contributed by atoms with Crippen LogP contribution in [0.15, 0.2) is 12.3 Å². The van der Waals surface area contributed by atoms with Crippen LogP contribution >= 0.6 is 0 Å². The highest BCUT2D eigenvalue weighted by Gasteiger charge is 2.30. The highest BCUT2D eigenvalue weighted by atomic mass is 16.5. The monoisotopic (exact) mass is 302 g/mol. The van der Waals surface area contributed by atoms with Crippen LogP contribution < -0.4 is 4.90 Å². The molecule has 1 aliphatic heterocycles. The lowest BCUT2D eigenvalue weighted by atomic mass is 10.2. The molecule has 2 heterocycles. The molecule has 0 N–H and O–H groups in total. The second-order valence-electron chi connectivity index (χ2n) is 7.15. The van der Waals surface area contributed by atoms with Crippen LogP contribution in [-0.2, 0) is 4.74 Å². The van der Waals surface area contributed by atoms with Gasteiger partial charge in [0.1, 0.15) is 11.6 Å². The molecular weight excluding hydrogens is 276 g/mol. The SMILES string of the molecule is CN1CCO[C@H](CN(CC2CC2)c2ccnc(C3CC3)n2)C1. The molecular formula is C17H26N4O. The topological polar surface area (TPSA) is 41.5 Å². The maximum atomic E-state index is 5.97. The second-order valence-corrected chi connectivity index (χ2v) is 7.15. The Labute approximate surface area is 132 Å². The molecule has 5 heteroatoms. The predicted molar refractivity (Wildman–Crippen MR) is 86.2 cm³/mol. The summed E-state index contributed by atoms with van der Waals surface area (Å²) in [6.45, 7) is 4.96. The summed E-state index contributed by atoms with van der Waals surface area (Å²) in [5, 5.41) is 0. The zero-order valence-electron chi connectivity index (χ0n) is 13.4. The number of hydrogen-bond donors (Lipinski definition) is 0. The molecule has 0 bridgehead atoms. The first-order valence-electron chi connectivity index (χ1n) is 8.66. The van der Waals surface area contributed by atoms with Gasteiger partial charge in [-0.05, 0) is 44.7 Å². The van der Waals surface area contributed by atoms with E-state index in [4.69, 9.17) is 9.72 Å². The Kier molecular flexibility index (Phi) is 4.01. The minimum absolute atomic E-state index is 0.289. The zero-order valence-corrected chi connectivity index (χ0v) is 13.4. The van der Waals surface area contributed by atoms with Crippen LogP contribution in [0, 0.1) is 5.92 Å². The Morgan fingerprint density at radius 2 is 2.14 bits per heavy atom. The average molecular weight is 302 g/mol. The van der Waals surface area contributed by atoms with E-state index in [0.29, 0.717) is 5.92 Å². The molecule has 1 atom stereocenters. The van der Waals surface area contributed by atoms with E-state index >= 15 is 0 Å². The van der Waals surface area contributed by atoms with Crippen molar-refractivity contribution >= 4 is 5.82 Å². The van der Waals surface area contributed by atoms with E-state index in [2.05, 4.69) is 27.9 Å². The van der Waals surface area contributed by atoms with E-state index in [1.807, 2.05) is 6.20 Å². The van der Waals surface area contributed by atoms with E-state index in [1.165, 1.54) is 25.7 Å². The largest absolute Gasteiger partial charge is 0.374 e. The smallest absolute Gasteiger partial charge is 0.133 e. The highest BCUT2D eigenvalue weighted by molar-refractivity contribution is 5.39. The van der Waals surface area contributed by atoms with Gasteiger partial charge in [-0.1, -0.05) is 0 Å². The fourth-order valence-corrected chi connectivity index (χ4v) is 3.17. The van der Waals surface area contributed by atoms with Gasteiger partial charge in [-0.2, -0.15) is 0 Å². The van der Waals surface area contributed by atoms with Crippen molar-refractivity contribution in [3.63, 3.8) is 0 Å². The van der Waals surface area contributed by atoms with Crippen molar-refractivity contribution in [3.05, 3.63) is 18.1 Å². The molecule has 2 saturated carbocycles. The summed E-state index contributed by atoms with van der Waals surface area (Å²) in [5.41, 5.74) is 0. The summed E-state index contributed by atoms with van der Waals surface area (Å²) in [6.07, 6.45) is 7.46. The van der Waals surface area contributed by atoms with Gasteiger partial charge < -0.3 is 14.5 Å². The fourth-order valence-electron chi connectivity index (χ4n) is 3.17. The molecule has 120 valence electrons. The number of rotatable bonds is 6. The minimum Gasteiger partial charge on any atom is -0.374 e. The quantitative estimate of drug-likeness (QED) is 0.803. The van der Waals surface area contributed by atoms with E-state index in [1.54, 1.807) is 0 Å². The van der Waals surface area contributed by atoms with Crippen molar-refractivity contribution in [2.75, 3.05) is 44.7 Å². The van der Waals surface area contributed by atoms with Crippen LogP contribution in [0.25, 0.3) is 0 Å². The summed E-state index contributed by atoms with van der Waals surface area (Å²) in [4.78, 5) is 14.1. The molecule has 0 unspecified atom stereocenters. The van der Waals surface area contributed by atoms with Crippen LogP contribution in [0.2, 0.25) is 0 Å². The second kappa shape index (κ2) is 6.13. The van der Waals surface area contributed by atoms with Crippen molar-refractivity contribution in [1.82, 2.24) is 14.9 Å². The summed E-state index contributed by atoms with van der Waals surface area (Å²) in [6, 6.07) is 2.07. The fraction of sp³-hybridized carbons (Fsp3) is 0.765. The predicted octanol–water partition coefficient (Wildman–Crippen LogP) is 1.90. The van der Waals surface area contributed by atoms with Crippen LogP contribution in [-0.4, -0.2) is 60.8 Å². The van der Waals surface area contributed by atoms with Gasteiger partial charge in [0.25, 0.3) is 0 Å². The minimum atomic E-state index is 0.289. The zero-order chi connectivity index (χ0) is 14.9. The Balaban J connectivity index is 1.48. The number of hydrogen-bond acceptors (Lipinski definition) is 5. The average Bonchev–Trinajstić information content (AvgIpc) is 3.40. The number of anilines is 1. The molecule has 1 aromatic heterocycles. The lowest BCUT2D eigenvalue weighted by Gasteiger charge is -2.34. The molecule has 1 aromatic rings. The van der Waals surface area contributed by atoms with Gasteiger partial charge in [0.15, 0.2) is 0 Å². The maximum absolute atomic E-state index is 5.97. The molecule has 5 nitrogen and oxygen atoms in total. The van der Waals surface area contributed by atoms with Crippen LogP contribution in [0.4, 0.5) is 5.82 Å². The molecule has 1 saturated heterocycles. The van der Waals surface area contributed by atoms with Crippen LogP contribution in [0.5, 0.6) is 0 Å².